The van der Waals surface area contributed by atoms with Gasteiger partial charge >= 0.3 is 6.18 Å². The highest BCUT2D eigenvalue weighted by atomic mass is 32.2. The molecule has 0 aliphatic carbocycles. The fourth-order valence-electron chi connectivity index (χ4n) is 5.46. The highest BCUT2D eigenvalue weighted by Crippen LogP contribution is 2.42. The number of aryl methyl sites for hydroxylation is 1. The number of rotatable bonds is 4. The molecule has 2 aliphatic rings. The van der Waals surface area contributed by atoms with Crippen LogP contribution in [-0.2, 0) is 28.3 Å². The van der Waals surface area contributed by atoms with E-state index in [1.807, 2.05) is 17.7 Å². The van der Waals surface area contributed by atoms with Crippen LogP contribution >= 0.6 is 0 Å². The van der Waals surface area contributed by atoms with Gasteiger partial charge in [0, 0.05) is 43.1 Å². The maximum atomic E-state index is 13.2. The first kappa shape index (κ1) is 25.8. The zero-order valence-corrected chi connectivity index (χ0v) is 21.3. The molecular formula is C25H32F3N3O3S. The molecule has 3 heterocycles. The average Bonchev–Trinajstić information content (AvgIpc) is 3.18. The Kier molecular flexibility index (Phi) is 6.59. The third-order valence-electron chi connectivity index (χ3n) is 7.55. The highest BCUT2D eigenvalue weighted by Gasteiger charge is 2.45. The molecule has 10 heteroatoms. The van der Waals surface area contributed by atoms with E-state index in [0.29, 0.717) is 50.1 Å². The third-order valence-corrected chi connectivity index (χ3v) is 9.86. The molecule has 1 amide bonds. The minimum atomic E-state index is -4.26. The fraction of sp³-hybridized carbons (Fsp3) is 0.560. The van der Waals surface area contributed by atoms with Gasteiger partial charge in [-0.15, -0.1) is 0 Å². The molecule has 1 saturated heterocycles. The molecule has 0 atom stereocenters. The van der Waals surface area contributed by atoms with E-state index in [4.69, 9.17) is 0 Å². The van der Waals surface area contributed by atoms with Gasteiger partial charge in [0.15, 0.2) is 9.84 Å². The summed E-state index contributed by atoms with van der Waals surface area (Å²) < 4.78 is 66.1. The lowest BCUT2D eigenvalue weighted by atomic mass is 9.81. The molecule has 0 bridgehead atoms. The Labute approximate surface area is 204 Å². The van der Waals surface area contributed by atoms with Crippen molar-refractivity contribution in [2.75, 3.05) is 26.7 Å². The number of likely N-dealkylation sites (N-methyl/N-ethyl adjacent to an activating group) is 1. The third kappa shape index (κ3) is 4.62. The molecule has 6 nitrogen and oxygen atoms in total. The monoisotopic (exact) mass is 511 g/mol. The van der Waals surface area contributed by atoms with Gasteiger partial charge in [0.1, 0.15) is 0 Å². The average molecular weight is 512 g/mol. The number of nitrogens with zero attached hydrogens (tertiary/aromatic N) is 3. The van der Waals surface area contributed by atoms with Crippen LogP contribution in [0.25, 0.3) is 0 Å². The number of hydrogen-bond donors (Lipinski definition) is 0. The number of aromatic nitrogens is 1. The zero-order chi connectivity index (χ0) is 25.8. The standard InChI is InChI=1S/C25H32F3N3O3S/c1-17(2)35(33,34)21-7-5-19(15-18(21)3)23(32)30-11-9-24(10-12-30)22-8-6-20(16-25(26,27)28)31(22)14-13-29(24)4/h5-8,15,17H,9-14,16H2,1-4H3. The van der Waals surface area contributed by atoms with Crippen molar-refractivity contribution >= 4 is 15.7 Å². The van der Waals surface area contributed by atoms with Crippen molar-refractivity contribution in [1.82, 2.24) is 14.4 Å². The quantitative estimate of drug-likeness (QED) is 0.619. The van der Waals surface area contributed by atoms with Crippen molar-refractivity contribution in [3.05, 3.63) is 52.8 Å². The minimum absolute atomic E-state index is 0.164. The lowest BCUT2D eigenvalue weighted by Gasteiger charge is -2.50. The number of hydrogen-bond acceptors (Lipinski definition) is 4. The normalized spacial score (nSPS) is 18.8. The molecule has 0 unspecified atom stereocenters. The zero-order valence-electron chi connectivity index (χ0n) is 20.5. The van der Waals surface area contributed by atoms with Crippen LogP contribution in [-0.4, -0.2) is 66.8 Å². The highest BCUT2D eigenvalue weighted by molar-refractivity contribution is 7.92. The first-order chi connectivity index (χ1) is 16.3. The predicted molar refractivity (Wildman–Crippen MR) is 127 cm³/mol. The lowest BCUT2D eigenvalue weighted by molar-refractivity contribution is -0.128. The molecular weight excluding hydrogens is 479 g/mol. The number of carbonyl (C=O) groups excluding carboxylic acids is 1. The number of sulfone groups is 1. The summed E-state index contributed by atoms with van der Waals surface area (Å²) >= 11 is 0. The number of carbonyl (C=O) groups is 1. The Morgan fingerprint density at radius 3 is 2.29 bits per heavy atom. The van der Waals surface area contributed by atoms with Crippen LogP contribution in [0.3, 0.4) is 0 Å². The summed E-state index contributed by atoms with van der Waals surface area (Å²) in [6.45, 7) is 7.04. The van der Waals surface area contributed by atoms with Crippen LogP contribution in [0.15, 0.2) is 35.2 Å². The number of fused-ring (bicyclic) bond motifs is 2. The van der Waals surface area contributed by atoms with Crippen LogP contribution < -0.4 is 0 Å². The van der Waals surface area contributed by atoms with Gasteiger partial charge in [-0.25, -0.2) is 8.42 Å². The van der Waals surface area contributed by atoms with Crippen LogP contribution in [0.2, 0.25) is 0 Å². The molecule has 192 valence electrons. The number of halogens is 3. The summed E-state index contributed by atoms with van der Waals surface area (Å²) in [5.74, 6) is -0.164. The van der Waals surface area contributed by atoms with Gasteiger partial charge in [-0.1, -0.05) is 0 Å². The maximum absolute atomic E-state index is 13.2. The number of alkyl halides is 3. The van der Waals surface area contributed by atoms with Crippen LogP contribution in [0, 0.1) is 6.92 Å². The number of likely N-dealkylation sites (tertiary alicyclic amines) is 1. The van der Waals surface area contributed by atoms with Gasteiger partial charge in [0.05, 0.1) is 22.1 Å². The Hall–Kier alpha value is -2.33. The van der Waals surface area contributed by atoms with Gasteiger partial charge in [0.2, 0.25) is 0 Å². The number of benzene rings is 1. The first-order valence-electron chi connectivity index (χ1n) is 11.9. The molecule has 0 N–H and O–H groups in total. The Balaban J connectivity index is 1.53. The van der Waals surface area contributed by atoms with Crippen molar-refractivity contribution in [3.8, 4) is 0 Å². The van der Waals surface area contributed by atoms with Crippen LogP contribution in [0.4, 0.5) is 13.2 Å². The van der Waals surface area contributed by atoms with Gasteiger partial charge in [0.25, 0.3) is 5.91 Å². The van der Waals surface area contributed by atoms with E-state index >= 15 is 0 Å². The van der Waals surface area contributed by atoms with Crippen molar-refractivity contribution in [1.29, 1.82) is 0 Å². The van der Waals surface area contributed by atoms with E-state index in [0.717, 1.165) is 5.69 Å². The Bertz CT molecular complexity index is 1230. The molecule has 0 radical (unpaired) electrons. The topological polar surface area (TPSA) is 62.6 Å². The number of amides is 1. The van der Waals surface area contributed by atoms with Gasteiger partial charge < -0.3 is 9.47 Å². The second-order valence-electron chi connectivity index (χ2n) is 9.97. The van der Waals surface area contributed by atoms with E-state index in [2.05, 4.69) is 4.90 Å². The molecule has 1 aromatic carbocycles. The summed E-state index contributed by atoms with van der Waals surface area (Å²) in [4.78, 5) is 17.4. The molecule has 4 rings (SSSR count). The minimum Gasteiger partial charge on any atom is -0.345 e. The predicted octanol–water partition coefficient (Wildman–Crippen LogP) is 4.16. The van der Waals surface area contributed by atoms with E-state index in [-0.39, 0.29) is 16.5 Å². The summed E-state index contributed by atoms with van der Waals surface area (Å²) in [6, 6.07) is 8.09. The van der Waals surface area contributed by atoms with Crippen molar-refractivity contribution < 1.29 is 26.4 Å². The summed E-state index contributed by atoms with van der Waals surface area (Å²) in [6.07, 6.45) is -3.98. The summed E-state index contributed by atoms with van der Waals surface area (Å²) in [7, 11) is -1.45. The first-order valence-corrected chi connectivity index (χ1v) is 13.4. The van der Waals surface area contributed by atoms with E-state index < -0.39 is 33.2 Å². The smallest absolute Gasteiger partial charge is 0.345 e. The molecule has 2 aromatic rings. The van der Waals surface area contributed by atoms with E-state index in [9.17, 15) is 26.4 Å². The van der Waals surface area contributed by atoms with Crippen molar-refractivity contribution in [2.24, 2.45) is 0 Å². The SMILES string of the molecule is Cc1cc(C(=O)N2CCC3(CC2)c2ccc(CC(F)(F)F)n2CCN3C)ccc1S(=O)(=O)C(C)C. The Morgan fingerprint density at radius 1 is 1.06 bits per heavy atom. The molecule has 1 fully saturated rings. The molecule has 35 heavy (non-hydrogen) atoms. The van der Waals surface area contributed by atoms with Crippen LogP contribution in [0.5, 0.6) is 0 Å². The molecule has 2 aliphatic heterocycles. The van der Waals surface area contributed by atoms with Crippen LogP contribution in [0.1, 0.15) is 54.0 Å². The van der Waals surface area contributed by atoms with Gasteiger partial charge in [-0.2, -0.15) is 13.2 Å². The lowest BCUT2D eigenvalue weighted by Crippen LogP contribution is -2.56. The summed E-state index contributed by atoms with van der Waals surface area (Å²) in [5.41, 5.74) is 1.74. The van der Waals surface area contributed by atoms with Crippen molar-refractivity contribution in [3.63, 3.8) is 0 Å². The number of piperidine rings is 1. The largest absolute Gasteiger partial charge is 0.394 e. The second kappa shape index (κ2) is 8.96. The molecule has 0 saturated carbocycles. The molecule has 1 aromatic heterocycles. The second-order valence-corrected chi connectivity index (χ2v) is 12.4. The maximum Gasteiger partial charge on any atom is 0.394 e. The van der Waals surface area contributed by atoms with Gasteiger partial charge in [-0.05, 0) is 76.6 Å². The van der Waals surface area contributed by atoms with Gasteiger partial charge in [-0.3, -0.25) is 9.69 Å². The Morgan fingerprint density at radius 2 is 1.71 bits per heavy atom. The fourth-order valence-corrected chi connectivity index (χ4v) is 6.73. The summed E-state index contributed by atoms with van der Waals surface area (Å²) in [5, 5.41) is -0.552. The van der Waals surface area contributed by atoms with Crippen molar-refractivity contribution in [2.45, 2.75) is 68.4 Å². The molecule has 1 spiro atoms. The van der Waals surface area contributed by atoms with E-state index in [1.165, 1.54) is 6.07 Å². The van der Waals surface area contributed by atoms with E-state index in [1.54, 1.807) is 43.9 Å².